The van der Waals surface area contributed by atoms with E-state index in [0.717, 1.165) is 22.2 Å². The largest absolute Gasteiger partial charge is 0.378 e. The van der Waals surface area contributed by atoms with Gasteiger partial charge in [-0.15, -0.1) is 0 Å². The second-order valence-electron chi connectivity index (χ2n) is 4.84. The zero-order chi connectivity index (χ0) is 14.1. The Morgan fingerprint density at radius 1 is 1.40 bits per heavy atom. The lowest BCUT2D eigenvalue weighted by Gasteiger charge is -2.28. The Balaban J connectivity index is 1.74. The van der Waals surface area contributed by atoms with E-state index in [1.54, 1.807) is 23.2 Å². The van der Waals surface area contributed by atoms with Gasteiger partial charge in [0.15, 0.2) is 6.10 Å². The molecule has 1 amide bonds. The molecule has 2 N–H and O–H groups in total. The molecule has 1 aromatic heterocycles. The fraction of sp³-hybridized carbons (Fsp3) is 0.286. The molecule has 3 rings (SSSR count). The van der Waals surface area contributed by atoms with E-state index in [-0.39, 0.29) is 5.91 Å². The van der Waals surface area contributed by atoms with E-state index in [1.165, 1.54) is 0 Å². The number of fused-ring (bicyclic) bond motifs is 1. The van der Waals surface area contributed by atoms with Crippen molar-refractivity contribution >= 4 is 21.8 Å². The van der Waals surface area contributed by atoms with Crippen LogP contribution in [-0.4, -0.2) is 32.7 Å². The SMILES string of the molecule is O=C([C@H](O)c1ccc(Br)cc1)N1CCc2[nH]ncc2C1. The predicted octanol–water partition coefficient (Wildman–Crippen LogP) is 1.79. The third-order valence-electron chi connectivity index (χ3n) is 3.53. The van der Waals surface area contributed by atoms with Crippen molar-refractivity contribution in [1.82, 2.24) is 15.1 Å². The first kappa shape index (κ1) is 13.3. The van der Waals surface area contributed by atoms with Crippen molar-refractivity contribution < 1.29 is 9.90 Å². The molecular weight excluding hydrogens is 322 g/mol. The van der Waals surface area contributed by atoms with Crippen LogP contribution in [0.5, 0.6) is 0 Å². The number of aromatic amines is 1. The van der Waals surface area contributed by atoms with Crippen LogP contribution in [0.3, 0.4) is 0 Å². The Labute approximate surface area is 124 Å². The van der Waals surface area contributed by atoms with Gasteiger partial charge in [0.25, 0.3) is 5.91 Å². The number of aliphatic hydroxyl groups excluding tert-OH is 1. The maximum absolute atomic E-state index is 12.3. The Hall–Kier alpha value is -1.66. The summed E-state index contributed by atoms with van der Waals surface area (Å²) in [7, 11) is 0. The van der Waals surface area contributed by atoms with Crippen LogP contribution in [0.1, 0.15) is 22.9 Å². The lowest BCUT2D eigenvalue weighted by Crippen LogP contribution is -2.38. The summed E-state index contributed by atoms with van der Waals surface area (Å²) < 4.78 is 0.918. The first-order valence-corrected chi connectivity index (χ1v) is 7.18. The maximum Gasteiger partial charge on any atom is 0.256 e. The van der Waals surface area contributed by atoms with E-state index in [0.29, 0.717) is 18.7 Å². The first-order chi connectivity index (χ1) is 9.65. The van der Waals surface area contributed by atoms with Gasteiger partial charge in [0.1, 0.15) is 0 Å². The molecule has 104 valence electrons. The number of rotatable bonds is 2. The number of carbonyl (C=O) groups is 1. The van der Waals surface area contributed by atoms with Crippen molar-refractivity contribution in [2.45, 2.75) is 19.1 Å². The molecule has 0 aliphatic carbocycles. The van der Waals surface area contributed by atoms with Gasteiger partial charge in [0.05, 0.1) is 6.20 Å². The van der Waals surface area contributed by atoms with E-state index in [2.05, 4.69) is 26.1 Å². The van der Waals surface area contributed by atoms with Gasteiger partial charge in [-0.1, -0.05) is 28.1 Å². The number of H-pyrrole nitrogens is 1. The summed E-state index contributed by atoms with van der Waals surface area (Å²) in [4.78, 5) is 14.0. The number of hydrogen-bond donors (Lipinski definition) is 2. The van der Waals surface area contributed by atoms with E-state index in [9.17, 15) is 9.90 Å². The van der Waals surface area contributed by atoms with Gasteiger partial charge in [-0.25, -0.2) is 0 Å². The van der Waals surface area contributed by atoms with Crippen LogP contribution in [0.25, 0.3) is 0 Å². The molecule has 1 aliphatic rings. The van der Waals surface area contributed by atoms with Crippen molar-refractivity contribution in [3.8, 4) is 0 Å². The van der Waals surface area contributed by atoms with Gasteiger partial charge >= 0.3 is 0 Å². The van der Waals surface area contributed by atoms with Gasteiger partial charge in [-0.3, -0.25) is 9.89 Å². The molecule has 1 atom stereocenters. The Bertz CT molecular complexity index is 624. The van der Waals surface area contributed by atoms with Crippen LogP contribution >= 0.6 is 15.9 Å². The number of carbonyl (C=O) groups excluding carboxylic acids is 1. The second-order valence-corrected chi connectivity index (χ2v) is 5.75. The molecule has 0 saturated carbocycles. The minimum atomic E-state index is -1.11. The molecule has 0 bridgehead atoms. The van der Waals surface area contributed by atoms with Crippen molar-refractivity contribution in [2.24, 2.45) is 0 Å². The number of amides is 1. The minimum Gasteiger partial charge on any atom is -0.378 e. The predicted molar refractivity (Wildman–Crippen MR) is 76.8 cm³/mol. The molecule has 0 saturated heterocycles. The fourth-order valence-corrected chi connectivity index (χ4v) is 2.64. The number of halogens is 1. The highest BCUT2D eigenvalue weighted by atomic mass is 79.9. The van der Waals surface area contributed by atoms with Crippen LogP contribution in [-0.2, 0) is 17.8 Å². The van der Waals surface area contributed by atoms with Crippen molar-refractivity contribution in [3.63, 3.8) is 0 Å². The highest BCUT2D eigenvalue weighted by Gasteiger charge is 2.27. The van der Waals surface area contributed by atoms with Crippen molar-refractivity contribution in [2.75, 3.05) is 6.54 Å². The van der Waals surface area contributed by atoms with Gasteiger partial charge < -0.3 is 10.0 Å². The lowest BCUT2D eigenvalue weighted by atomic mass is 10.0. The highest BCUT2D eigenvalue weighted by molar-refractivity contribution is 9.10. The molecular formula is C14H14BrN3O2. The molecule has 2 aromatic rings. The lowest BCUT2D eigenvalue weighted by molar-refractivity contribution is -0.141. The Kier molecular flexibility index (Phi) is 3.58. The standard InChI is InChI=1S/C14H14BrN3O2/c15-11-3-1-9(2-4-11)13(19)14(20)18-6-5-12-10(8-18)7-16-17-12/h1-4,7,13,19H,5-6,8H2,(H,16,17)/t13-/m1/s1. The monoisotopic (exact) mass is 335 g/mol. The topological polar surface area (TPSA) is 69.2 Å². The summed E-state index contributed by atoms with van der Waals surface area (Å²) in [5.41, 5.74) is 2.70. The molecule has 20 heavy (non-hydrogen) atoms. The molecule has 0 fully saturated rings. The van der Waals surface area contributed by atoms with Crippen LogP contribution in [0, 0.1) is 0 Å². The fourth-order valence-electron chi connectivity index (χ4n) is 2.37. The zero-order valence-electron chi connectivity index (χ0n) is 10.7. The van der Waals surface area contributed by atoms with Crippen LogP contribution in [0.15, 0.2) is 34.9 Å². The van der Waals surface area contributed by atoms with E-state index < -0.39 is 6.10 Å². The number of benzene rings is 1. The van der Waals surface area contributed by atoms with Crippen LogP contribution < -0.4 is 0 Å². The summed E-state index contributed by atoms with van der Waals surface area (Å²) in [6.45, 7) is 1.10. The third kappa shape index (κ3) is 2.48. The second kappa shape index (κ2) is 5.38. The number of hydrogen-bond acceptors (Lipinski definition) is 3. The summed E-state index contributed by atoms with van der Waals surface area (Å²) in [5.74, 6) is -0.265. The molecule has 2 heterocycles. The van der Waals surface area contributed by atoms with Crippen LogP contribution in [0.4, 0.5) is 0 Å². The smallest absolute Gasteiger partial charge is 0.256 e. The van der Waals surface area contributed by atoms with Gasteiger partial charge in [0, 0.05) is 35.2 Å². The van der Waals surface area contributed by atoms with Crippen molar-refractivity contribution in [1.29, 1.82) is 0 Å². The molecule has 1 aliphatic heterocycles. The quantitative estimate of drug-likeness (QED) is 0.879. The zero-order valence-corrected chi connectivity index (χ0v) is 12.3. The molecule has 0 spiro atoms. The normalized spacial score (nSPS) is 15.8. The number of nitrogens with zero attached hydrogens (tertiary/aromatic N) is 2. The number of aromatic nitrogens is 2. The number of nitrogens with one attached hydrogen (secondary N) is 1. The molecule has 1 aromatic carbocycles. The molecule has 5 nitrogen and oxygen atoms in total. The maximum atomic E-state index is 12.3. The Morgan fingerprint density at radius 2 is 2.15 bits per heavy atom. The van der Waals surface area contributed by atoms with Gasteiger partial charge in [0.2, 0.25) is 0 Å². The highest BCUT2D eigenvalue weighted by Crippen LogP contribution is 2.22. The summed E-state index contributed by atoms with van der Waals surface area (Å²) in [5, 5.41) is 17.1. The first-order valence-electron chi connectivity index (χ1n) is 6.38. The average Bonchev–Trinajstić information content (AvgIpc) is 2.94. The van der Waals surface area contributed by atoms with E-state index in [1.807, 2.05) is 12.1 Å². The van der Waals surface area contributed by atoms with E-state index in [4.69, 9.17) is 0 Å². The number of aliphatic hydroxyl groups is 1. The average molecular weight is 336 g/mol. The summed E-state index contributed by atoms with van der Waals surface area (Å²) >= 11 is 3.33. The minimum absolute atomic E-state index is 0.265. The molecule has 0 unspecified atom stereocenters. The Morgan fingerprint density at radius 3 is 2.90 bits per heavy atom. The molecule has 6 heteroatoms. The summed E-state index contributed by atoms with van der Waals surface area (Å²) in [6.07, 6.45) is 1.37. The van der Waals surface area contributed by atoms with Crippen LogP contribution in [0.2, 0.25) is 0 Å². The van der Waals surface area contributed by atoms with Gasteiger partial charge in [-0.05, 0) is 17.7 Å². The van der Waals surface area contributed by atoms with E-state index >= 15 is 0 Å². The summed E-state index contributed by atoms with van der Waals surface area (Å²) in [6, 6.07) is 7.13. The van der Waals surface area contributed by atoms with Crippen molar-refractivity contribution in [3.05, 3.63) is 51.8 Å². The third-order valence-corrected chi connectivity index (χ3v) is 4.06. The molecule has 0 radical (unpaired) electrons. The van der Waals surface area contributed by atoms with Gasteiger partial charge in [-0.2, -0.15) is 5.10 Å².